The van der Waals surface area contributed by atoms with Crippen LogP contribution < -0.4 is 20.7 Å². The lowest BCUT2D eigenvalue weighted by molar-refractivity contribution is -0.123. The Kier molecular flexibility index (Phi) is 3.92. The fourth-order valence-corrected chi connectivity index (χ4v) is 2.43. The molecule has 1 aliphatic heterocycles. The second-order valence-corrected chi connectivity index (χ2v) is 5.87. The molecule has 1 aliphatic carbocycles. The third-order valence-corrected chi connectivity index (χ3v) is 3.96. The maximum absolute atomic E-state index is 11.8. The van der Waals surface area contributed by atoms with Crippen molar-refractivity contribution in [2.24, 2.45) is 0 Å². The Morgan fingerprint density at radius 3 is 2.91 bits per heavy atom. The van der Waals surface area contributed by atoms with E-state index in [0.717, 1.165) is 18.4 Å². The Morgan fingerprint density at radius 2 is 2.23 bits per heavy atom. The number of carbonyl (C=O) groups is 2. The Balaban J connectivity index is 1.69. The number of fused-ring (bicyclic) bond motifs is 1. The lowest BCUT2D eigenvalue weighted by Crippen LogP contribution is -2.38. The van der Waals surface area contributed by atoms with Crippen molar-refractivity contribution >= 4 is 17.6 Å². The Morgan fingerprint density at radius 1 is 1.45 bits per heavy atom. The number of hydrogen-bond donors (Lipinski definition) is 3. The molecule has 2 unspecified atom stereocenters. The highest BCUT2D eigenvalue weighted by molar-refractivity contribution is 5.97. The lowest BCUT2D eigenvalue weighted by atomic mass is 10.1. The van der Waals surface area contributed by atoms with E-state index in [1.807, 2.05) is 32.0 Å². The molecule has 2 aliphatic rings. The van der Waals surface area contributed by atoms with Gasteiger partial charge in [0, 0.05) is 6.04 Å². The zero-order valence-corrected chi connectivity index (χ0v) is 12.8. The molecule has 22 heavy (non-hydrogen) atoms. The van der Waals surface area contributed by atoms with Gasteiger partial charge in [-0.25, -0.2) is 4.79 Å². The summed E-state index contributed by atoms with van der Waals surface area (Å²) >= 11 is 0. The first-order chi connectivity index (χ1) is 10.6. The molecule has 6 heteroatoms. The number of carbonyl (C=O) groups excluding carboxylic acids is 2. The number of ether oxygens (including phenoxy) is 1. The highest BCUT2D eigenvalue weighted by Crippen LogP contribution is 2.33. The number of nitrogens with one attached hydrogen (secondary N) is 3. The van der Waals surface area contributed by atoms with Crippen molar-refractivity contribution in [3.8, 4) is 5.75 Å². The van der Waals surface area contributed by atoms with Crippen molar-refractivity contribution in [1.29, 1.82) is 0 Å². The highest BCUT2D eigenvalue weighted by Gasteiger charge is 2.27. The second kappa shape index (κ2) is 5.87. The maximum Gasteiger partial charge on any atom is 0.315 e. The topological polar surface area (TPSA) is 79.5 Å². The van der Waals surface area contributed by atoms with Crippen LogP contribution in [0.4, 0.5) is 10.5 Å². The van der Waals surface area contributed by atoms with Crippen LogP contribution in [0.5, 0.6) is 5.75 Å². The average Bonchev–Trinajstić information content (AvgIpc) is 3.29. The Labute approximate surface area is 129 Å². The van der Waals surface area contributed by atoms with Gasteiger partial charge in [0.2, 0.25) is 0 Å². The molecule has 1 saturated carbocycles. The van der Waals surface area contributed by atoms with Crippen molar-refractivity contribution in [2.75, 3.05) is 5.32 Å². The second-order valence-electron chi connectivity index (χ2n) is 5.87. The first kappa shape index (κ1) is 14.7. The fourth-order valence-electron chi connectivity index (χ4n) is 2.43. The molecule has 0 radical (unpaired) electrons. The molecule has 6 nitrogen and oxygen atoms in total. The van der Waals surface area contributed by atoms with Gasteiger partial charge >= 0.3 is 6.03 Å². The van der Waals surface area contributed by atoms with Crippen LogP contribution in [0.15, 0.2) is 18.2 Å². The third-order valence-electron chi connectivity index (χ3n) is 3.96. The van der Waals surface area contributed by atoms with E-state index < -0.39 is 6.10 Å². The molecule has 3 N–H and O–H groups in total. The molecule has 1 fully saturated rings. The molecule has 3 rings (SSSR count). The van der Waals surface area contributed by atoms with Gasteiger partial charge in [-0.05, 0) is 43.9 Å². The summed E-state index contributed by atoms with van der Waals surface area (Å²) in [6.45, 7) is 3.83. The van der Waals surface area contributed by atoms with E-state index in [-0.39, 0.29) is 18.0 Å². The molecule has 2 atom stereocenters. The maximum atomic E-state index is 11.8. The van der Waals surface area contributed by atoms with E-state index in [2.05, 4.69) is 16.0 Å². The van der Waals surface area contributed by atoms with Crippen molar-refractivity contribution in [1.82, 2.24) is 10.6 Å². The van der Waals surface area contributed by atoms with Crippen molar-refractivity contribution < 1.29 is 14.3 Å². The summed E-state index contributed by atoms with van der Waals surface area (Å²) in [4.78, 5) is 23.6. The molecule has 0 spiro atoms. The van der Waals surface area contributed by atoms with Crippen LogP contribution in [0, 0.1) is 0 Å². The number of rotatable bonds is 4. The van der Waals surface area contributed by atoms with Crippen LogP contribution >= 0.6 is 0 Å². The quantitative estimate of drug-likeness (QED) is 0.798. The van der Waals surface area contributed by atoms with Gasteiger partial charge in [-0.15, -0.1) is 0 Å². The SMILES string of the molecule is CCC1Oc2cc(C(C)NC(=O)NC3CC3)ccc2NC1=O. The summed E-state index contributed by atoms with van der Waals surface area (Å²) in [7, 11) is 0. The van der Waals surface area contributed by atoms with E-state index in [1.165, 1.54) is 0 Å². The van der Waals surface area contributed by atoms with Gasteiger partial charge in [0.25, 0.3) is 5.91 Å². The molecule has 3 amide bonds. The summed E-state index contributed by atoms with van der Waals surface area (Å²) in [6, 6.07) is 5.63. The first-order valence-corrected chi connectivity index (χ1v) is 7.75. The zero-order chi connectivity index (χ0) is 15.7. The van der Waals surface area contributed by atoms with Gasteiger partial charge in [-0.2, -0.15) is 0 Å². The summed E-state index contributed by atoms with van der Waals surface area (Å²) < 4.78 is 5.72. The molecule has 0 bridgehead atoms. The van der Waals surface area contributed by atoms with Crippen LogP contribution in [0.1, 0.15) is 44.7 Å². The largest absolute Gasteiger partial charge is 0.478 e. The molecule has 1 aromatic rings. The fraction of sp³-hybridized carbons (Fsp3) is 0.500. The standard InChI is InChI=1S/C16H21N3O3/c1-3-13-15(20)19-12-7-4-10(8-14(12)22-13)9(2)17-16(21)18-11-5-6-11/h4,7-9,11,13H,3,5-6H2,1-2H3,(H,19,20)(H2,17,18,21). The van der Waals surface area contributed by atoms with E-state index in [1.54, 1.807) is 0 Å². The van der Waals surface area contributed by atoms with Crippen LogP contribution in [0.25, 0.3) is 0 Å². The number of anilines is 1. The smallest absolute Gasteiger partial charge is 0.315 e. The third kappa shape index (κ3) is 3.16. The zero-order valence-electron chi connectivity index (χ0n) is 12.8. The van der Waals surface area contributed by atoms with E-state index in [4.69, 9.17) is 4.74 Å². The van der Waals surface area contributed by atoms with Gasteiger partial charge in [-0.3, -0.25) is 4.79 Å². The summed E-state index contributed by atoms with van der Waals surface area (Å²) in [5.41, 5.74) is 1.61. The first-order valence-electron chi connectivity index (χ1n) is 7.75. The molecule has 118 valence electrons. The van der Waals surface area contributed by atoms with E-state index in [9.17, 15) is 9.59 Å². The predicted octanol–water partition coefficient (Wildman–Crippen LogP) is 2.32. The Hall–Kier alpha value is -2.24. The normalized spacial score (nSPS) is 21.2. The molecule has 0 saturated heterocycles. The van der Waals surface area contributed by atoms with Crippen LogP contribution in [0.2, 0.25) is 0 Å². The number of hydrogen-bond acceptors (Lipinski definition) is 3. The number of benzene rings is 1. The van der Waals surface area contributed by atoms with Crippen LogP contribution in [-0.4, -0.2) is 24.1 Å². The molecule has 1 aromatic carbocycles. The van der Waals surface area contributed by atoms with Crippen molar-refractivity contribution in [3.63, 3.8) is 0 Å². The molecule has 1 heterocycles. The summed E-state index contributed by atoms with van der Waals surface area (Å²) in [6.07, 6.45) is 2.29. The van der Waals surface area contributed by atoms with Crippen LogP contribution in [-0.2, 0) is 4.79 Å². The van der Waals surface area contributed by atoms with Gasteiger partial charge in [0.15, 0.2) is 6.10 Å². The average molecular weight is 303 g/mol. The van der Waals surface area contributed by atoms with Crippen molar-refractivity contribution in [3.05, 3.63) is 23.8 Å². The minimum atomic E-state index is -0.454. The van der Waals surface area contributed by atoms with Crippen LogP contribution in [0.3, 0.4) is 0 Å². The monoisotopic (exact) mass is 303 g/mol. The minimum Gasteiger partial charge on any atom is -0.478 e. The number of urea groups is 1. The molecular formula is C16H21N3O3. The lowest BCUT2D eigenvalue weighted by Gasteiger charge is -2.26. The van der Waals surface area contributed by atoms with Crippen molar-refractivity contribution in [2.45, 2.75) is 51.3 Å². The number of amides is 3. The predicted molar refractivity (Wildman–Crippen MR) is 82.9 cm³/mol. The van der Waals surface area contributed by atoms with E-state index >= 15 is 0 Å². The molecule has 0 aromatic heterocycles. The van der Waals surface area contributed by atoms with Gasteiger partial charge in [-0.1, -0.05) is 13.0 Å². The van der Waals surface area contributed by atoms with Gasteiger partial charge in [0.05, 0.1) is 11.7 Å². The minimum absolute atomic E-state index is 0.113. The summed E-state index contributed by atoms with van der Waals surface area (Å²) in [5, 5.41) is 8.65. The van der Waals surface area contributed by atoms with E-state index in [0.29, 0.717) is 23.9 Å². The van der Waals surface area contributed by atoms with Gasteiger partial charge < -0.3 is 20.7 Å². The summed E-state index contributed by atoms with van der Waals surface area (Å²) in [5.74, 6) is 0.540. The highest BCUT2D eigenvalue weighted by atomic mass is 16.5. The Bertz CT molecular complexity index is 598. The van der Waals surface area contributed by atoms with Gasteiger partial charge in [0.1, 0.15) is 5.75 Å². The molecular weight excluding hydrogens is 282 g/mol.